The van der Waals surface area contributed by atoms with Gasteiger partial charge in [0, 0.05) is 10.6 Å². The van der Waals surface area contributed by atoms with Gasteiger partial charge in [-0.25, -0.2) is 0 Å². The summed E-state index contributed by atoms with van der Waals surface area (Å²) in [5, 5.41) is 16.9. The molecule has 1 amide bonds. The van der Waals surface area contributed by atoms with E-state index < -0.39 is 5.60 Å². The lowest BCUT2D eigenvalue weighted by Crippen LogP contribution is -2.39. The van der Waals surface area contributed by atoms with Gasteiger partial charge in [-0.2, -0.15) is 11.3 Å². The average Bonchev–Trinajstić information content (AvgIpc) is 2.98. The Morgan fingerprint density at radius 1 is 1.60 bits per heavy atom. The zero-order chi connectivity index (χ0) is 14.8. The third-order valence-electron chi connectivity index (χ3n) is 3.02. The van der Waals surface area contributed by atoms with E-state index in [1.165, 1.54) is 22.7 Å². The van der Waals surface area contributed by atoms with Crippen molar-refractivity contribution in [1.82, 2.24) is 10.3 Å². The Morgan fingerprint density at radius 2 is 2.35 bits per heavy atom. The first kappa shape index (κ1) is 15.4. The van der Waals surface area contributed by atoms with Crippen LogP contribution in [0.1, 0.15) is 23.1 Å². The number of aromatic amines is 1. The first-order valence-corrected chi connectivity index (χ1v) is 8.25. The monoisotopic (exact) mass is 328 g/mol. The van der Waals surface area contributed by atoms with Crippen LogP contribution in [-0.4, -0.2) is 22.5 Å². The molecule has 2 rings (SSSR count). The molecule has 2 heterocycles. The van der Waals surface area contributed by atoms with Gasteiger partial charge in [-0.1, -0.05) is 0 Å². The van der Waals surface area contributed by atoms with Gasteiger partial charge in [-0.15, -0.1) is 11.3 Å². The molecule has 0 bridgehead atoms. The van der Waals surface area contributed by atoms with Crippen LogP contribution in [0.15, 0.2) is 16.8 Å². The van der Waals surface area contributed by atoms with Gasteiger partial charge < -0.3 is 15.4 Å². The molecule has 0 spiro atoms. The normalized spacial score (nSPS) is 13.9. The maximum atomic E-state index is 11.9. The lowest BCUT2D eigenvalue weighted by molar-refractivity contribution is -0.121. The van der Waals surface area contributed by atoms with Gasteiger partial charge in [0.2, 0.25) is 5.91 Å². The largest absolute Gasteiger partial charge is 0.384 e. The number of thiophene rings is 1. The highest BCUT2D eigenvalue weighted by Gasteiger charge is 2.24. The molecule has 108 valence electrons. The molecule has 2 aromatic heterocycles. The number of H-pyrrole nitrogens is 1. The third kappa shape index (κ3) is 3.76. The maximum Gasteiger partial charge on any atom is 0.225 e. The van der Waals surface area contributed by atoms with E-state index in [9.17, 15) is 9.90 Å². The molecule has 0 fully saturated rings. The second-order valence-corrected chi connectivity index (χ2v) is 7.35. The van der Waals surface area contributed by atoms with Crippen LogP contribution in [0.5, 0.6) is 0 Å². The first-order chi connectivity index (χ1) is 9.38. The molecule has 0 saturated carbocycles. The van der Waals surface area contributed by atoms with Crippen LogP contribution in [0.25, 0.3) is 0 Å². The van der Waals surface area contributed by atoms with Crippen LogP contribution >= 0.6 is 34.9 Å². The average molecular weight is 328 g/mol. The number of thiazole rings is 1. The van der Waals surface area contributed by atoms with Gasteiger partial charge in [0.15, 0.2) is 3.95 Å². The molecule has 2 aromatic rings. The Kier molecular flexibility index (Phi) is 4.74. The zero-order valence-corrected chi connectivity index (χ0v) is 13.7. The number of rotatable bonds is 5. The van der Waals surface area contributed by atoms with Crippen molar-refractivity contribution < 1.29 is 9.90 Å². The van der Waals surface area contributed by atoms with Crippen LogP contribution in [0, 0.1) is 10.9 Å². The van der Waals surface area contributed by atoms with Crippen LogP contribution in [0.2, 0.25) is 0 Å². The van der Waals surface area contributed by atoms with E-state index in [4.69, 9.17) is 12.2 Å². The van der Waals surface area contributed by atoms with E-state index in [0.29, 0.717) is 3.95 Å². The fraction of sp³-hybridized carbons (Fsp3) is 0.385. The standard InChI is InChI=1S/C13H16N2O2S3/c1-8-10(20-12(18)15-8)5-11(16)14-7-13(2,17)9-3-4-19-6-9/h3-4,6,17H,5,7H2,1-2H3,(H,14,16)(H,15,18). The van der Waals surface area contributed by atoms with Crippen molar-refractivity contribution >= 4 is 40.8 Å². The summed E-state index contributed by atoms with van der Waals surface area (Å²) in [5.74, 6) is -0.117. The number of aliphatic hydroxyl groups is 1. The molecule has 7 heteroatoms. The number of hydrogen-bond donors (Lipinski definition) is 3. The molecular weight excluding hydrogens is 312 g/mol. The van der Waals surface area contributed by atoms with E-state index in [-0.39, 0.29) is 18.9 Å². The van der Waals surface area contributed by atoms with E-state index >= 15 is 0 Å². The summed E-state index contributed by atoms with van der Waals surface area (Å²) in [6.07, 6.45) is 0.281. The summed E-state index contributed by atoms with van der Waals surface area (Å²) < 4.78 is 0.676. The smallest absolute Gasteiger partial charge is 0.225 e. The molecule has 0 saturated heterocycles. The minimum atomic E-state index is -1.05. The minimum Gasteiger partial charge on any atom is -0.384 e. The Morgan fingerprint density at radius 3 is 2.90 bits per heavy atom. The van der Waals surface area contributed by atoms with Gasteiger partial charge in [0.1, 0.15) is 5.60 Å². The summed E-state index contributed by atoms with van der Waals surface area (Å²) >= 11 is 7.98. The quantitative estimate of drug-likeness (QED) is 0.740. The molecule has 3 N–H and O–H groups in total. The number of carbonyl (C=O) groups excluding carboxylic acids is 1. The highest BCUT2D eigenvalue weighted by Crippen LogP contribution is 2.22. The molecule has 0 aliphatic carbocycles. The first-order valence-electron chi connectivity index (χ1n) is 6.09. The van der Waals surface area contributed by atoms with Gasteiger partial charge in [0.05, 0.1) is 13.0 Å². The van der Waals surface area contributed by atoms with E-state index in [1.54, 1.807) is 6.92 Å². The Labute approximate surface area is 130 Å². The number of aromatic nitrogens is 1. The summed E-state index contributed by atoms with van der Waals surface area (Å²) in [7, 11) is 0. The summed E-state index contributed by atoms with van der Waals surface area (Å²) in [6.45, 7) is 3.79. The van der Waals surface area contributed by atoms with Crippen molar-refractivity contribution in [2.75, 3.05) is 6.54 Å². The lowest BCUT2D eigenvalue weighted by atomic mass is 9.99. The number of carbonyl (C=O) groups is 1. The predicted octanol–water partition coefficient (Wildman–Crippen LogP) is 2.74. The SMILES string of the molecule is Cc1[nH]c(=S)sc1CC(=O)NCC(C)(O)c1ccsc1. The number of nitrogens with one attached hydrogen (secondary N) is 2. The summed E-state index contributed by atoms with van der Waals surface area (Å²) in [6, 6.07) is 1.86. The second kappa shape index (κ2) is 6.17. The predicted molar refractivity (Wildman–Crippen MR) is 84.8 cm³/mol. The number of aryl methyl sites for hydroxylation is 1. The minimum absolute atomic E-state index is 0.117. The molecule has 1 unspecified atom stereocenters. The second-order valence-electron chi connectivity index (χ2n) is 4.80. The van der Waals surface area contributed by atoms with Crippen molar-refractivity contribution in [3.8, 4) is 0 Å². The molecular formula is C13H16N2O2S3. The van der Waals surface area contributed by atoms with Crippen LogP contribution in [-0.2, 0) is 16.8 Å². The molecule has 20 heavy (non-hydrogen) atoms. The number of hydrogen-bond acceptors (Lipinski definition) is 5. The molecule has 0 radical (unpaired) electrons. The summed E-state index contributed by atoms with van der Waals surface area (Å²) in [4.78, 5) is 15.9. The molecule has 0 aromatic carbocycles. The lowest BCUT2D eigenvalue weighted by Gasteiger charge is -2.22. The van der Waals surface area contributed by atoms with Gasteiger partial charge in [-0.05, 0) is 48.5 Å². The topological polar surface area (TPSA) is 65.1 Å². The van der Waals surface area contributed by atoms with E-state index in [0.717, 1.165) is 16.1 Å². The van der Waals surface area contributed by atoms with Crippen molar-refractivity contribution in [3.05, 3.63) is 36.9 Å². The Hall–Kier alpha value is -1.02. The third-order valence-corrected chi connectivity index (χ3v) is 5.04. The van der Waals surface area contributed by atoms with Gasteiger partial charge in [-0.3, -0.25) is 4.79 Å². The Balaban J connectivity index is 1.93. The van der Waals surface area contributed by atoms with Crippen molar-refractivity contribution in [2.24, 2.45) is 0 Å². The highest BCUT2D eigenvalue weighted by molar-refractivity contribution is 7.73. The fourth-order valence-corrected chi connectivity index (χ4v) is 3.83. The molecule has 0 aliphatic heterocycles. The van der Waals surface area contributed by atoms with Crippen LogP contribution in [0.4, 0.5) is 0 Å². The van der Waals surface area contributed by atoms with Crippen molar-refractivity contribution in [2.45, 2.75) is 25.9 Å². The Bertz CT molecular complexity index is 641. The summed E-state index contributed by atoms with van der Waals surface area (Å²) in [5.41, 5.74) is 0.700. The van der Waals surface area contributed by atoms with Crippen molar-refractivity contribution in [1.29, 1.82) is 0 Å². The fourth-order valence-electron chi connectivity index (χ4n) is 1.76. The van der Waals surface area contributed by atoms with E-state index in [2.05, 4.69) is 10.3 Å². The van der Waals surface area contributed by atoms with E-state index in [1.807, 2.05) is 23.8 Å². The highest BCUT2D eigenvalue weighted by atomic mass is 32.1. The molecule has 0 aliphatic rings. The molecule has 4 nitrogen and oxygen atoms in total. The van der Waals surface area contributed by atoms with Crippen LogP contribution in [0.3, 0.4) is 0 Å². The zero-order valence-electron chi connectivity index (χ0n) is 11.2. The number of amides is 1. The van der Waals surface area contributed by atoms with Crippen LogP contribution < -0.4 is 5.32 Å². The molecule has 1 atom stereocenters. The van der Waals surface area contributed by atoms with Crippen molar-refractivity contribution in [3.63, 3.8) is 0 Å². The maximum absolute atomic E-state index is 11.9. The van der Waals surface area contributed by atoms with Gasteiger partial charge in [0.25, 0.3) is 0 Å². The van der Waals surface area contributed by atoms with Gasteiger partial charge >= 0.3 is 0 Å².